The Bertz CT molecular complexity index is 610. The molecule has 1 aromatic heterocycles. The van der Waals surface area contributed by atoms with Crippen LogP contribution in [0.3, 0.4) is 0 Å². The molecular formula is C20H33N3O2S. The van der Waals surface area contributed by atoms with Gasteiger partial charge in [-0.25, -0.2) is 4.98 Å². The van der Waals surface area contributed by atoms with Crippen molar-refractivity contribution < 1.29 is 9.59 Å². The SMILES string of the molecule is C.CC(C)CC(=O)N1CCCC(c2nc(CCNC(=O)C3CC3)cs2)C1. The van der Waals surface area contributed by atoms with Gasteiger partial charge in [-0.3, -0.25) is 9.59 Å². The van der Waals surface area contributed by atoms with Crippen molar-refractivity contribution in [1.82, 2.24) is 15.2 Å². The lowest BCUT2D eigenvalue weighted by Crippen LogP contribution is -2.39. The molecule has 1 saturated carbocycles. The molecule has 0 spiro atoms. The van der Waals surface area contributed by atoms with Gasteiger partial charge in [-0.05, 0) is 31.6 Å². The fourth-order valence-electron chi connectivity index (χ4n) is 3.31. The summed E-state index contributed by atoms with van der Waals surface area (Å²) in [4.78, 5) is 30.8. The number of nitrogens with zero attached hydrogens (tertiary/aromatic N) is 2. The first-order chi connectivity index (χ1) is 12.0. The number of hydrogen-bond donors (Lipinski definition) is 1. The predicted molar refractivity (Wildman–Crippen MR) is 106 cm³/mol. The van der Waals surface area contributed by atoms with Crippen LogP contribution in [-0.4, -0.2) is 41.3 Å². The van der Waals surface area contributed by atoms with Crippen molar-refractivity contribution in [2.45, 2.75) is 65.7 Å². The normalized spacial score (nSPS) is 20.0. The van der Waals surface area contributed by atoms with Gasteiger partial charge in [0.15, 0.2) is 0 Å². The van der Waals surface area contributed by atoms with Crippen LogP contribution in [0.1, 0.15) is 70.0 Å². The fraction of sp³-hybridized carbons (Fsp3) is 0.750. The van der Waals surface area contributed by atoms with Crippen LogP contribution in [0, 0.1) is 11.8 Å². The molecule has 1 aliphatic heterocycles. The van der Waals surface area contributed by atoms with Crippen molar-refractivity contribution in [1.29, 1.82) is 0 Å². The van der Waals surface area contributed by atoms with E-state index in [-0.39, 0.29) is 25.2 Å². The minimum atomic E-state index is 0. The smallest absolute Gasteiger partial charge is 0.223 e. The molecular weight excluding hydrogens is 346 g/mol. The van der Waals surface area contributed by atoms with Crippen LogP contribution >= 0.6 is 11.3 Å². The van der Waals surface area contributed by atoms with Crippen molar-refractivity contribution in [3.63, 3.8) is 0 Å². The summed E-state index contributed by atoms with van der Waals surface area (Å²) in [6.07, 6.45) is 5.67. The standard InChI is InChI=1S/C19H29N3O2S.CH4/c1-13(2)10-17(23)22-9-3-4-15(11-22)19-21-16(12-25-19)7-8-20-18(24)14-5-6-14;/h12-15H,3-11H2,1-2H3,(H,20,24);1H4. The number of hydrogen-bond acceptors (Lipinski definition) is 4. The summed E-state index contributed by atoms with van der Waals surface area (Å²) >= 11 is 1.70. The van der Waals surface area contributed by atoms with Crippen LogP contribution < -0.4 is 5.32 Å². The van der Waals surface area contributed by atoms with E-state index in [4.69, 9.17) is 4.98 Å². The summed E-state index contributed by atoms with van der Waals surface area (Å²) in [7, 11) is 0. The van der Waals surface area contributed by atoms with Crippen molar-refractivity contribution >= 4 is 23.2 Å². The maximum Gasteiger partial charge on any atom is 0.223 e. The zero-order valence-electron chi connectivity index (χ0n) is 15.3. The van der Waals surface area contributed by atoms with E-state index in [0.717, 1.165) is 55.9 Å². The quantitative estimate of drug-likeness (QED) is 0.787. The summed E-state index contributed by atoms with van der Waals surface area (Å²) < 4.78 is 0. The third-order valence-corrected chi connectivity index (χ3v) is 5.96. The van der Waals surface area contributed by atoms with Gasteiger partial charge in [0, 0.05) is 49.7 Å². The molecule has 146 valence electrons. The third-order valence-electron chi connectivity index (χ3n) is 4.90. The minimum Gasteiger partial charge on any atom is -0.355 e. The molecule has 6 heteroatoms. The first-order valence-electron chi connectivity index (χ1n) is 9.52. The van der Waals surface area contributed by atoms with E-state index in [9.17, 15) is 9.59 Å². The van der Waals surface area contributed by atoms with Gasteiger partial charge in [0.2, 0.25) is 11.8 Å². The maximum absolute atomic E-state index is 12.3. The molecule has 1 atom stereocenters. The van der Waals surface area contributed by atoms with Crippen molar-refractivity contribution in [2.75, 3.05) is 19.6 Å². The van der Waals surface area contributed by atoms with Crippen LogP contribution in [0.25, 0.3) is 0 Å². The van der Waals surface area contributed by atoms with Gasteiger partial charge in [-0.2, -0.15) is 0 Å². The van der Waals surface area contributed by atoms with Gasteiger partial charge in [0.1, 0.15) is 0 Å². The number of likely N-dealkylation sites (tertiary alicyclic amines) is 1. The predicted octanol–water partition coefficient (Wildman–Crippen LogP) is 3.60. The van der Waals surface area contributed by atoms with Gasteiger partial charge in [0.05, 0.1) is 10.7 Å². The topological polar surface area (TPSA) is 62.3 Å². The van der Waals surface area contributed by atoms with E-state index >= 15 is 0 Å². The summed E-state index contributed by atoms with van der Waals surface area (Å²) in [5.74, 6) is 1.51. The molecule has 3 rings (SSSR count). The number of amides is 2. The highest BCUT2D eigenvalue weighted by Crippen LogP contribution is 2.30. The Morgan fingerprint density at radius 1 is 1.35 bits per heavy atom. The van der Waals surface area contributed by atoms with Gasteiger partial charge >= 0.3 is 0 Å². The first-order valence-corrected chi connectivity index (χ1v) is 10.4. The average Bonchev–Trinajstić information content (AvgIpc) is 3.33. The molecule has 2 heterocycles. The molecule has 1 aliphatic carbocycles. The summed E-state index contributed by atoms with van der Waals surface area (Å²) in [5, 5.41) is 6.24. The summed E-state index contributed by atoms with van der Waals surface area (Å²) in [6.45, 7) is 6.54. The van der Waals surface area contributed by atoms with Crippen LogP contribution in [0.2, 0.25) is 0 Å². The molecule has 1 unspecified atom stereocenters. The van der Waals surface area contributed by atoms with Crippen LogP contribution in [0.4, 0.5) is 0 Å². The molecule has 26 heavy (non-hydrogen) atoms. The number of nitrogens with one attached hydrogen (secondary N) is 1. The molecule has 1 N–H and O–H groups in total. The maximum atomic E-state index is 12.3. The highest BCUT2D eigenvalue weighted by molar-refractivity contribution is 7.09. The van der Waals surface area contributed by atoms with Gasteiger partial charge in [-0.1, -0.05) is 21.3 Å². The number of carbonyl (C=O) groups excluding carboxylic acids is 2. The second-order valence-electron chi connectivity index (χ2n) is 7.77. The first kappa shape index (κ1) is 20.9. The Balaban J connectivity index is 0.00000243. The van der Waals surface area contributed by atoms with Crippen LogP contribution in [-0.2, 0) is 16.0 Å². The van der Waals surface area contributed by atoms with E-state index < -0.39 is 0 Å². The highest BCUT2D eigenvalue weighted by Gasteiger charge is 2.29. The number of aromatic nitrogens is 1. The molecule has 0 bridgehead atoms. The Hall–Kier alpha value is -1.43. The molecule has 2 fully saturated rings. The molecule has 0 radical (unpaired) electrons. The lowest BCUT2D eigenvalue weighted by molar-refractivity contribution is -0.133. The Kier molecular flexibility index (Phi) is 7.62. The van der Waals surface area contributed by atoms with Gasteiger partial charge in [0.25, 0.3) is 0 Å². The van der Waals surface area contributed by atoms with E-state index in [0.29, 0.717) is 24.8 Å². The molecule has 2 aliphatic rings. The van der Waals surface area contributed by atoms with Crippen LogP contribution in [0.15, 0.2) is 5.38 Å². The highest BCUT2D eigenvalue weighted by atomic mass is 32.1. The summed E-state index contributed by atoms with van der Waals surface area (Å²) in [6, 6.07) is 0. The lowest BCUT2D eigenvalue weighted by atomic mass is 9.97. The van der Waals surface area contributed by atoms with Crippen LogP contribution in [0.5, 0.6) is 0 Å². The lowest BCUT2D eigenvalue weighted by Gasteiger charge is -2.32. The molecule has 5 nitrogen and oxygen atoms in total. The Morgan fingerprint density at radius 2 is 2.12 bits per heavy atom. The van der Waals surface area contributed by atoms with E-state index in [1.807, 2.05) is 4.90 Å². The van der Waals surface area contributed by atoms with Gasteiger partial charge < -0.3 is 10.2 Å². The molecule has 0 aromatic carbocycles. The van der Waals surface area contributed by atoms with E-state index in [2.05, 4.69) is 24.5 Å². The largest absolute Gasteiger partial charge is 0.355 e. The Morgan fingerprint density at radius 3 is 2.81 bits per heavy atom. The number of carbonyl (C=O) groups is 2. The average molecular weight is 380 g/mol. The second-order valence-corrected chi connectivity index (χ2v) is 8.66. The van der Waals surface area contributed by atoms with Crippen molar-refractivity contribution in [3.05, 3.63) is 16.1 Å². The van der Waals surface area contributed by atoms with Crippen molar-refractivity contribution in [2.24, 2.45) is 11.8 Å². The van der Waals surface area contributed by atoms with E-state index in [1.54, 1.807) is 11.3 Å². The molecule has 1 saturated heterocycles. The monoisotopic (exact) mass is 379 g/mol. The molecule has 2 amide bonds. The minimum absolute atomic E-state index is 0. The fourth-order valence-corrected chi connectivity index (χ4v) is 4.29. The molecule has 1 aromatic rings. The number of piperidine rings is 1. The van der Waals surface area contributed by atoms with Gasteiger partial charge in [-0.15, -0.1) is 11.3 Å². The third kappa shape index (κ3) is 5.79. The van der Waals surface area contributed by atoms with E-state index in [1.165, 1.54) is 0 Å². The number of rotatable bonds is 7. The zero-order chi connectivity index (χ0) is 17.8. The zero-order valence-corrected chi connectivity index (χ0v) is 16.1. The second kappa shape index (κ2) is 9.49. The Labute approximate surface area is 161 Å². The number of thiazole rings is 1. The summed E-state index contributed by atoms with van der Waals surface area (Å²) in [5.41, 5.74) is 1.06. The van der Waals surface area contributed by atoms with Crippen molar-refractivity contribution in [3.8, 4) is 0 Å².